The van der Waals surface area contributed by atoms with E-state index in [4.69, 9.17) is 31.4 Å². The average Bonchev–Trinajstić information content (AvgIpc) is 3.30. The molecule has 10 N–H and O–H groups in total. The van der Waals surface area contributed by atoms with Gasteiger partial charge in [0.2, 0.25) is 23.6 Å². The summed E-state index contributed by atoms with van der Waals surface area (Å²) in [7, 11) is 1.41. The predicted octanol–water partition coefficient (Wildman–Crippen LogP) is 2.25. The van der Waals surface area contributed by atoms with Crippen LogP contribution in [0, 0.1) is 25.2 Å². The second-order valence-electron chi connectivity index (χ2n) is 17.4. The fraction of sp³-hybridized carbons (Fsp3) is 0.429. The lowest BCUT2D eigenvalue weighted by atomic mass is 9.93. The minimum absolute atomic E-state index is 0.00204. The number of benzene rings is 3. The Kier molecular flexibility index (Phi) is 18.1. The van der Waals surface area contributed by atoms with Gasteiger partial charge in [0, 0.05) is 43.2 Å². The van der Waals surface area contributed by atoms with E-state index in [2.05, 4.69) is 31.2 Å². The highest BCUT2D eigenvalue weighted by Gasteiger charge is 2.36. The van der Waals surface area contributed by atoms with Gasteiger partial charge in [-0.15, -0.1) is 0 Å². The van der Waals surface area contributed by atoms with Crippen LogP contribution in [0.5, 0.6) is 11.5 Å². The first-order valence-corrected chi connectivity index (χ1v) is 22.4. The van der Waals surface area contributed by atoms with E-state index < -0.39 is 53.7 Å². The fourth-order valence-corrected chi connectivity index (χ4v) is 7.58. The van der Waals surface area contributed by atoms with E-state index in [1.807, 2.05) is 51.1 Å². The second kappa shape index (κ2) is 23.7. The first-order chi connectivity index (χ1) is 32.4. The monoisotopic (exact) mass is 933 g/mol. The van der Waals surface area contributed by atoms with E-state index in [9.17, 15) is 29.2 Å². The topological polar surface area (TPSA) is 292 Å². The number of hydrogen-bond acceptors (Lipinski definition) is 14. The molecule has 19 nitrogen and oxygen atoms in total. The molecule has 19 heteroatoms. The highest BCUT2D eigenvalue weighted by molar-refractivity contribution is 6.00. The summed E-state index contributed by atoms with van der Waals surface area (Å²) in [4.78, 5) is 81.1. The number of carbonyl (C=O) groups is 5. The molecule has 3 aromatic carbocycles. The van der Waals surface area contributed by atoms with Crippen LogP contribution in [0.4, 0.5) is 0 Å². The SMILES string of the molecule is Cc1nc(-c2ccc(COC(C)(C)C)cc2)nc(C)c1C(=O)NC(CCN)C(=O)N(C)C1C(=O)NC(C)C(=O)NC(C(=O)NCC#N)Cc2ccc(OCCN)c(c2)-c2cc1ccc2OCCN. The molecule has 362 valence electrons. The van der Waals surface area contributed by atoms with Crippen molar-refractivity contribution in [2.45, 2.75) is 90.8 Å². The Balaban J connectivity index is 1.54. The van der Waals surface area contributed by atoms with E-state index >= 15 is 0 Å². The number of fused-ring (bicyclic) bond motifs is 5. The molecule has 5 amide bonds. The number of nitrogens with two attached hydrogens (primary N) is 3. The third kappa shape index (κ3) is 13.3. The summed E-state index contributed by atoms with van der Waals surface area (Å²) in [6.07, 6.45) is -0.0106. The van der Waals surface area contributed by atoms with Gasteiger partial charge in [-0.2, -0.15) is 5.26 Å². The number of carbonyl (C=O) groups excluding carboxylic acids is 5. The van der Waals surface area contributed by atoms with Crippen LogP contribution < -0.4 is 47.9 Å². The van der Waals surface area contributed by atoms with Crippen LogP contribution >= 0.6 is 0 Å². The van der Waals surface area contributed by atoms with Crippen molar-refractivity contribution < 1.29 is 38.2 Å². The molecule has 4 atom stereocenters. The van der Waals surface area contributed by atoms with E-state index in [1.54, 1.807) is 50.2 Å². The second-order valence-corrected chi connectivity index (χ2v) is 17.4. The molecule has 1 aromatic heterocycles. The summed E-state index contributed by atoms with van der Waals surface area (Å²) in [5.74, 6) is -2.20. The van der Waals surface area contributed by atoms with Gasteiger partial charge >= 0.3 is 0 Å². The van der Waals surface area contributed by atoms with Crippen molar-refractivity contribution in [1.29, 1.82) is 5.26 Å². The number of aromatic nitrogens is 2. The minimum Gasteiger partial charge on any atom is -0.492 e. The molecule has 1 aliphatic rings. The number of likely N-dealkylation sites (N-methyl/N-ethyl adjacent to an activating group) is 1. The van der Waals surface area contributed by atoms with Crippen LogP contribution in [-0.4, -0.2) is 115 Å². The van der Waals surface area contributed by atoms with Crippen LogP contribution in [0.1, 0.15) is 78.6 Å². The standard InChI is InChI=1S/C49H63N11O8/c1-28-41(29(2)56-43(55-28)33-11-8-31(9-12-33)27-68-49(4,5)6)46(63)58-37(16-17-50)48(65)60(7)42-34-13-15-40(67-23-20-53)36(26-34)35-24-32(10-14-39(35)66-22-19-52)25-38(45(62)54-21-18-51)59-44(61)30(3)57-47(42)64/h8-15,24,26,30,37-38,42H,16-17,19-23,25,27,50,52-53H2,1-7H3,(H,54,62)(H,57,64)(H,58,63)(H,59,61). The van der Waals surface area contributed by atoms with E-state index in [-0.39, 0.29) is 63.4 Å². The maximum absolute atomic E-state index is 14.7. The highest BCUT2D eigenvalue weighted by atomic mass is 16.5. The number of rotatable bonds is 17. The Morgan fingerprint density at radius 1 is 0.882 bits per heavy atom. The van der Waals surface area contributed by atoms with Crippen LogP contribution in [-0.2, 0) is 36.9 Å². The van der Waals surface area contributed by atoms with E-state index in [0.717, 1.165) is 11.1 Å². The first-order valence-electron chi connectivity index (χ1n) is 22.4. The van der Waals surface area contributed by atoms with E-state index in [0.29, 0.717) is 57.6 Å². The van der Waals surface area contributed by atoms with Crippen molar-refractivity contribution in [3.8, 4) is 40.1 Å². The number of aryl methyl sites for hydroxylation is 2. The van der Waals surface area contributed by atoms with Gasteiger partial charge in [-0.3, -0.25) is 24.0 Å². The maximum Gasteiger partial charge on any atom is 0.255 e. The summed E-state index contributed by atoms with van der Waals surface area (Å²) >= 11 is 0. The molecule has 0 spiro atoms. The molecule has 4 bridgehead atoms. The molecule has 4 aromatic rings. The van der Waals surface area contributed by atoms with Crippen LogP contribution in [0.15, 0.2) is 60.7 Å². The van der Waals surface area contributed by atoms with Gasteiger partial charge in [0.15, 0.2) is 5.82 Å². The molecular weight excluding hydrogens is 871 g/mol. The highest BCUT2D eigenvalue weighted by Crippen LogP contribution is 2.40. The molecule has 0 fully saturated rings. The lowest BCUT2D eigenvalue weighted by Crippen LogP contribution is -2.56. The van der Waals surface area contributed by atoms with Crippen LogP contribution in [0.2, 0.25) is 0 Å². The largest absolute Gasteiger partial charge is 0.492 e. The Morgan fingerprint density at radius 2 is 1.50 bits per heavy atom. The quantitative estimate of drug-likeness (QED) is 0.0748. The third-order valence-corrected chi connectivity index (χ3v) is 11.0. The van der Waals surface area contributed by atoms with Crippen molar-refractivity contribution in [3.63, 3.8) is 0 Å². The van der Waals surface area contributed by atoms with Crippen molar-refractivity contribution >= 4 is 29.5 Å². The van der Waals surface area contributed by atoms with Gasteiger partial charge in [0.25, 0.3) is 5.91 Å². The molecule has 0 saturated carbocycles. The molecular formula is C49H63N11O8. The van der Waals surface area contributed by atoms with Gasteiger partial charge in [-0.1, -0.05) is 36.4 Å². The summed E-state index contributed by atoms with van der Waals surface area (Å²) in [5, 5.41) is 19.9. The number of nitrogens with one attached hydrogen (secondary N) is 4. The third-order valence-electron chi connectivity index (χ3n) is 11.0. The fourth-order valence-electron chi connectivity index (χ4n) is 7.58. The molecule has 0 aliphatic carbocycles. The average molecular weight is 934 g/mol. The van der Waals surface area contributed by atoms with Crippen LogP contribution in [0.25, 0.3) is 22.5 Å². The Bertz CT molecular complexity index is 2480. The molecule has 4 unspecified atom stereocenters. The lowest BCUT2D eigenvalue weighted by Gasteiger charge is -2.32. The molecule has 0 saturated heterocycles. The number of ether oxygens (including phenoxy) is 3. The Labute approximate surface area is 396 Å². The van der Waals surface area contributed by atoms with Crippen molar-refractivity contribution in [2.24, 2.45) is 17.2 Å². The predicted molar refractivity (Wildman–Crippen MR) is 255 cm³/mol. The maximum atomic E-state index is 14.7. The van der Waals surface area contributed by atoms with Gasteiger partial charge in [0.1, 0.15) is 55.4 Å². The number of hydrogen-bond donors (Lipinski definition) is 7. The zero-order valence-corrected chi connectivity index (χ0v) is 39.7. The zero-order chi connectivity index (χ0) is 49.7. The van der Waals surface area contributed by atoms with Crippen molar-refractivity contribution in [1.82, 2.24) is 36.1 Å². The minimum atomic E-state index is -1.41. The lowest BCUT2D eigenvalue weighted by molar-refractivity contribution is -0.141. The van der Waals surface area contributed by atoms with Gasteiger partial charge in [-0.05, 0) is 95.5 Å². The number of amides is 5. The summed E-state index contributed by atoms with van der Waals surface area (Å²) < 4.78 is 18.1. The smallest absolute Gasteiger partial charge is 0.255 e. The molecule has 68 heavy (non-hydrogen) atoms. The van der Waals surface area contributed by atoms with Gasteiger partial charge in [0.05, 0.1) is 35.2 Å². The summed E-state index contributed by atoms with van der Waals surface area (Å²) in [5.41, 5.74) is 21.9. The first kappa shape index (κ1) is 52.0. The van der Waals surface area contributed by atoms with Gasteiger partial charge < -0.3 is 57.6 Å². The van der Waals surface area contributed by atoms with Gasteiger partial charge in [-0.25, -0.2) is 9.97 Å². The van der Waals surface area contributed by atoms with Crippen LogP contribution in [0.3, 0.4) is 0 Å². The Hall–Kier alpha value is -6.98. The molecule has 0 radical (unpaired) electrons. The normalized spacial score (nSPS) is 16.5. The van der Waals surface area contributed by atoms with Crippen molar-refractivity contribution in [3.05, 3.63) is 94.3 Å². The molecule has 5 rings (SSSR count). The molecule has 2 heterocycles. The number of nitriles is 1. The zero-order valence-electron chi connectivity index (χ0n) is 39.7. The number of nitrogens with zero attached hydrogens (tertiary/aromatic N) is 4. The Morgan fingerprint density at radius 3 is 2.09 bits per heavy atom. The molecule has 1 aliphatic heterocycles. The summed E-state index contributed by atoms with van der Waals surface area (Å²) in [6.45, 7) is 11.5. The summed E-state index contributed by atoms with van der Waals surface area (Å²) in [6, 6.07) is 14.6. The van der Waals surface area contributed by atoms with Crippen molar-refractivity contribution in [2.75, 3.05) is 46.4 Å². The van der Waals surface area contributed by atoms with E-state index in [1.165, 1.54) is 18.9 Å².